The van der Waals surface area contributed by atoms with E-state index in [4.69, 9.17) is 15.0 Å². The zero-order valence-electron chi connectivity index (χ0n) is 24.8. The average molecular weight is 587 g/mol. The van der Waals surface area contributed by atoms with Crippen molar-refractivity contribution in [2.24, 2.45) is 0 Å². The molecule has 4 aromatic heterocycles. The van der Waals surface area contributed by atoms with Gasteiger partial charge in [0.1, 0.15) is 0 Å². The van der Waals surface area contributed by atoms with Crippen molar-refractivity contribution in [3.63, 3.8) is 0 Å². The average Bonchev–Trinajstić information content (AvgIpc) is 3.14. The fraction of sp³-hybridized carbons (Fsp3) is 0. The fourth-order valence-electron chi connectivity index (χ4n) is 6.40. The molecule has 46 heavy (non-hydrogen) atoms. The van der Waals surface area contributed by atoms with Crippen LogP contribution in [-0.2, 0) is 0 Å². The quantitative estimate of drug-likeness (QED) is 0.152. The summed E-state index contributed by atoms with van der Waals surface area (Å²) in [5.74, 6) is 0. The molecule has 0 atom stereocenters. The molecule has 0 unspecified atom stereocenters. The lowest BCUT2D eigenvalue weighted by Gasteiger charge is -2.13. The largest absolute Gasteiger partial charge is 0.255 e. The molecule has 0 aliphatic rings. The lowest BCUT2D eigenvalue weighted by atomic mass is 9.95. The van der Waals surface area contributed by atoms with Gasteiger partial charge in [0.05, 0.1) is 39.1 Å². The predicted molar refractivity (Wildman–Crippen MR) is 189 cm³/mol. The topological polar surface area (TPSA) is 51.6 Å². The van der Waals surface area contributed by atoms with E-state index < -0.39 is 0 Å². The summed E-state index contributed by atoms with van der Waals surface area (Å²) in [5, 5.41) is 4.42. The van der Waals surface area contributed by atoms with Gasteiger partial charge in [-0.1, -0.05) is 115 Å². The van der Waals surface area contributed by atoms with Gasteiger partial charge in [-0.25, -0.2) is 15.0 Å². The summed E-state index contributed by atoms with van der Waals surface area (Å²) >= 11 is 0. The van der Waals surface area contributed by atoms with E-state index in [0.29, 0.717) is 0 Å². The van der Waals surface area contributed by atoms with E-state index in [2.05, 4.69) is 126 Å². The minimum atomic E-state index is 0.869. The number of pyridine rings is 4. The van der Waals surface area contributed by atoms with Gasteiger partial charge in [-0.15, -0.1) is 0 Å². The van der Waals surface area contributed by atoms with Crippen LogP contribution < -0.4 is 0 Å². The summed E-state index contributed by atoms with van der Waals surface area (Å²) in [6.45, 7) is 0. The van der Waals surface area contributed by atoms with Crippen molar-refractivity contribution in [2.45, 2.75) is 0 Å². The highest BCUT2D eigenvalue weighted by Crippen LogP contribution is 2.38. The van der Waals surface area contributed by atoms with Crippen LogP contribution in [0, 0.1) is 0 Å². The normalized spacial score (nSPS) is 11.5. The van der Waals surface area contributed by atoms with Crippen LogP contribution in [0.25, 0.3) is 88.5 Å². The second-order valence-electron chi connectivity index (χ2n) is 11.5. The SMILES string of the molecule is c1ccc(-c2c3ccccc3nc3c2ccc2ccc(-c4ccc(-c5ccc6ccc(-c7ccccn7)nc6c5)cc4)nc23)cc1. The predicted octanol–water partition coefficient (Wildman–Crippen LogP) is 10.5. The van der Waals surface area contributed by atoms with E-state index in [0.717, 1.165) is 77.4 Å². The third kappa shape index (κ3) is 4.47. The summed E-state index contributed by atoms with van der Waals surface area (Å²) in [4.78, 5) is 19.8. The van der Waals surface area contributed by atoms with E-state index >= 15 is 0 Å². The Morgan fingerprint density at radius 3 is 1.93 bits per heavy atom. The Balaban J connectivity index is 1.12. The smallest absolute Gasteiger partial charge is 0.0978 e. The van der Waals surface area contributed by atoms with E-state index in [1.807, 2.05) is 30.3 Å². The molecule has 0 aliphatic carbocycles. The highest BCUT2D eigenvalue weighted by molar-refractivity contribution is 6.16. The zero-order valence-corrected chi connectivity index (χ0v) is 24.8. The van der Waals surface area contributed by atoms with Crippen molar-refractivity contribution in [3.05, 3.63) is 158 Å². The number of aromatic nitrogens is 4. The fourth-order valence-corrected chi connectivity index (χ4v) is 6.40. The standard InChI is InChI=1S/C42H26N4/c1-2-8-30(9-3-1)40-33-10-4-5-11-36(33)46-42-34(40)22-19-31-21-23-35(45-41(31)42)28-15-13-27(14-16-28)32-18-17-29-20-24-38(44-39(29)26-32)37-12-6-7-25-43-37/h1-26H. The maximum atomic E-state index is 5.22. The Kier molecular flexibility index (Phi) is 6.10. The molecule has 0 N–H and O–H groups in total. The van der Waals surface area contributed by atoms with Gasteiger partial charge in [-0.3, -0.25) is 4.98 Å². The highest BCUT2D eigenvalue weighted by atomic mass is 14.8. The molecular formula is C42H26N4. The number of rotatable bonds is 4. The van der Waals surface area contributed by atoms with Crippen LogP contribution in [0.15, 0.2) is 158 Å². The molecule has 0 radical (unpaired) electrons. The first-order valence-electron chi connectivity index (χ1n) is 15.4. The molecule has 214 valence electrons. The zero-order chi connectivity index (χ0) is 30.5. The lowest BCUT2D eigenvalue weighted by molar-refractivity contribution is 1.28. The number of hydrogen-bond acceptors (Lipinski definition) is 4. The van der Waals surface area contributed by atoms with Gasteiger partial charge >= 0.3 is 0 Å². The first-order valence-corrected chi connectivity index (χ1v) is 15.4. The van der Waals surface area contributed by atoms with E-state index in [-0.39, 0.29) is 0 Å². The van der Waals surface area contributed by atoms with Crippen LogP contribution in [0.2, 0.25) is 0 Å². The Hall–Kier alpha value is -6.26. The first kappa shape index (κ1) is 26.2. The van der Waals surface area contributed by atoms with Crippen LogP contribution in [0.4, 0.5) is 0 Å². The van der Waals surface area contributed by atoms with Crippen molar-refractivity contribution in [1.29, 1.82) is 0 Å². The Morgan fingerprint density at radius 1 is 0.348 bits per heavy atom. The molecule has 0 spiro atoms. The summed E-state index contributed by atoms with van der Waals surface area (Å²) in [7, 11) is 0. The van der Waals surface area contributed by atoms with E-state index in [1.165, 1.54) is 11.1 Å². The molecule has 4 heteroatoms. The van der Waals surface area contributed by atoms with Crippen molar-refractivity contribution in [3.8, 4) is 44.9 Å². The molecule has 0 aliphatic heterocycles. The molecule has 9 rings (SSSR count). The van der Waals surface area contributed by atoms with Crippen LogP contribution in [0.5, 0.6) is 0 Å². The Labute approximate surface area is 265 Å². The summed E-state index contributed by atoms with van der Waals surface area (Å²) in [6.07, 6.45) is 1.80. The number of nitrogens with zero attached hydrogens (tertiary/aromatic N) is 4. The number of benzene rings is 5. The minimum Gasteiger partial charge on any atom is -0.255 e. The molecule has 0 saturated carbocycles. The van der Waals surface area contributed by atoms with Gasteiger partial charge in [0.25, 0.3) is 0 Å². The monoisotopic (exact) mass is 586 g/mol. The van der Waals surface area contributed by atoms with Gasteiger partial charge in [0.2, 0.25) is 0 Å². The maximum absolute atomic E-state index is 5.22. The molecule has 0 fully saturated rings. The van der Waals surface area contributed by atoms with Crippen molar-refractivity contribution in [2.75, 3.05) is 0 Å². The van der Waals surface area contributed by atoms with Crippen LogP contribution in [-0.4, -0.2) is 19.9 Å². The van der Waals surface area contributed by atoms with Crippen LogP contribution in [0.3, 0.4) is 0 Å². The summed E-state index contributed by atoms with van der Waals surface area (Å²) < 4.78 is 0. The summed E-state index contributed by atoms with van der Waals surface area (Å²) in [5.41, 5.74) is 12.1. The minimum absolute atomic E-state index is 0.869. The molecule has 0 amide bonds. The number of fused-ring (bicyclic) bond motifs is 5. The third-order valence-corrected chi connectivity index (χ3v) is 8.71. The van der Waals surface area contributed by atoms with Gasteiger partial charge in [0, 0.05) is 38.9 Å². The summed E-state index contributed by atoms with van der Waals surface area (Å²) in [6, 6.07) is 52.6. The highest BCUT2D eigenvalue weighted by Gasteiger charge is 2.15. The van der Waals surface area contributed by atoms with Gasteiger partial charge in [0.15, 0.2) is 0 Å². The van der Waals surface area contributed by atoms with Gasteiger partial charge < -0.3 is 0 Å². The maximum Gasteiger partial charge on any atom is 0.0978 e. The van der Waals surface area contributed by atoms with Crippen molar-refractivity contribution >= 4 is 43.6 Å². The van der Waals surface area contributed by atoms with Crippen LogP contribution in [0.1, 0.15) is 0 Å². The molecule has 4 heterocycles. The molecule has 5 aromatic carbocycles. The molecule has 9 aromatic rings. The Bertz CT molecular complexity index is 2560. The van der Waals surface area contributed by atoms with Gasteiger partial charge in [-0.2, -0.15) is 0 Å². The number of para-hydroxylation sites is 1. The molecule has 0 bridgehead atoms. The third-order valence-electron chi connectivity index (χ3n) is 8.71. The molecule has 0 saturated heterocycles. The van der Waals surface area contributed by atoms with Crippen LogP contribution >= 0.6 is 0 Å². The Morgan fingerprint density at radius 2 is 1.07 bits per heavy atom. The van der Waals surface area contributed by atoms with Crippen molar-refractivity contribution in [1.82, 2.24) is 19.9 Å². The van der Waals surface area contributed by atoms with Gasteiger partial charge in [-0.05, 0) is 53.1 Å². The number of hydrogen-bond donors (Lipinski definition) is 0. The lowest BCUT2D eigenvalue weighted by Crippen LogP contribution is -1.93. The first-order chi connectivity index (χ1) is 22.8. The van der Waals surface area contributed by atoms with Crippen molar-refractivity contribution < 1.29 is 0 Å². The second-order valence-corrected chi connectivity index (χ2v) is 11.5. The van der Waals surface area contributed by atoms with E-state index in [9.17, 15) is 0 Å². The second kappa shape index (κ2) is 10.7. The molecular weight excluding hydrogens is 560 g/mol. The molecule has 4 nitrogen and oxygen atoms in total. The van der Waals surface area contributed by atoms with E-state index in [1.54, 1.807) is 6.20 Å².